The third-order valence-corrected chi connectivity index (χ3v) is 14.1. The number of halogens is 1. The van der Waals surface area contributed by atoms with Crippen LogP contribution in [0.15, 0.2) is 72.5 Å². The third kappa shape index (κ3) is 18.0. The van der Waals surface area contributed by atoms with Gasteiger partial charge in [-0.3, -0.25) is 4.79 Å². The van der Waals surface area contributed by atoms with Crippen molar-refractivity contribution < 1.29 is 64.5 Å². The molecule has 6 rings (SSSR count). The number of rotatable bonds is 34. The average molecular weight is 1020 g/mol. The first-order valence-corrected chi connectivity index (χ1v) is 26.2. The highest BCUT2D eigenvalue weighted by Gasteiger charge is 2.49. The zero-order chi connectivity index (χ0) is 50.2. The van der Waals surface area contributed by atoms with Crippen LogP contribution >= 0.6 is 0 Å². The van der Waals surface area contributed by atoms with E-state index in [1.807, 2.05) is 0 Å². The first-order valence-electron chi connectivity index (χ1n) is 26.2. The Balaban J connectivity index is 0.00000963. The molecule has 4 aliphatic rings. The van der Waals surface area contributed by atoms with Crippen molar-refractivity contribution in [3.05, 3.63) is 83.6 Å². The maximum Gasteiger partial charge on any atom is 0.407 e. The molecule has 398 valence electrons. The van der Waals surface area contributed by atoms with Gasteiger partial charge in [0.1, 0.15) is 7.05 Å². The van der Waals surface area contributed by atoms with Gasteiger partial charge in [0, 0.05) is 73.4 Å². The SMILES string of the molecule is C[N+]1=C(/C=C/C=C2/N(CCCCCC(=O)NCCOCCOCCOCCOCCOCCOCCOCCNC(=O)OCC3[C@H]4CCC#CCC[C@@H]34)c3ccccc3C2(C)C)C(C)(C)c2ccccc21.[Cl-]. The second-order valence-electron chi connectivity index (χ2n) is 19.7. The van der Waals surface area contributed by atoms with Gasteiger partial charge in [-0.15, -0.1) is 11.8 Å². The average Bonchev–Trinajstić information content (AvgIpc) is 3.89. The number of unbranched alkanes of at least 4 members (excludes halogenated alkanes) is 2. The van der Waals surface area contributed by atoms with Crippen LogP contribution in [0.4, 0.5) is 16.2 Å². The topological polar surface area (TPSA) is 138 Å². The minimum Gasteiger partial charge on any atom is -1.00 e. The van der Waals surface area contributed by atoms with Crippen molar-refractivity contribution in [2.24, 2.45) is 17.8 Å². The minimum atomic E-state index is -0.382. The van der Waals surface area contributed by atoms with Crippen LogP contribution in [-0.4, -0.2) is 148 Å². The Labute approximate surface area is 436 Å². The molecule has 0 bridgehead atoms. The number of anilines is 1. The number of benzene rings is 2. The molecule has 2 aromatic carbocycles. The van der Waals surface area contributed by atoms with Gasteiger partial charge in [0.2, 0.25) is 11.6 Å². The van der Waals surface area contributed by atoms with Gasteiger partial charge < -0.3 is 65.8 Å². The summed E-state index contributed by atoms with van der Waals surface area (Å²) in [6.45, 7) is 18.0. The minimum absolute atomic E-state index is 0. The zero-order valence-electron chi connectivity index (χ0n) is 43.8. The summed E-state index contributed by atoms with van der Waals surface area (Å²) in [7, 11) is 2.16. The number of hydrogen-bond acceptors (Lipinski definition) is 11. The van der Waals surface area contributed by atoms with Gasteiger partial charge in [-0.25, -0.2) is 4.79 Å². The fourth-order valence-corrected chi connectivity index (χ4v) is 10.1. The number of carbonyl (C=O) groups is 2. The molecule has 2 aliphatic heterocycles. The van der Waals surface area contributed by atoms with Gasteiger partial charge in [0.25, 0.3) is 0 Å². The van der Waals surface area contributed by atoms with E-state index >= 15 is 0 Å². The first kappa shape index (κ1) is 58.6. The highest BCUT2D eigenvalue weighted by atomic mass is 35.5. The lowest BCUT2D eigenvalue weighted by Gasteiger charge is -2.27. The first-order chi connectivity index (χ1) is 34.6. The van der Waals surface area contributed by atoms with Gasteiger partial charge in [-0.1, -0.05) is 62.7 Å². The number of allylic oxidation sites excluding steroid dienone is 4. The quantitative estimate of drug-likeness (QED) is 0.0564. The largest absolute Gasteiger partial charge is 1.00 e. The molecule has 0 aromatic heterocycles. The zero-order valence-corrected chi connectivity index (χ0v) is 44.6. The van der Waals surface area contributed by atoms with Crippen molar-refractivity contribution in [1.29, 1.82) is 0 Å². The van der Waals surface area contributed by atoms with Crippen LogP contribution in [-0.2, 0) is 53.5 Å². The van der Waals surface area contributed by atoms with Crippen molar-refractivity contribution in [1.82, 2.24) is 10.6 Å². The Morgan fingerprint density at radius 1 is 0.667 bits per heavy atom. The summed E-state index contributed by atoms with van der Waals surface area (Å²) in [5.41, 5.74) is 7.65. The summed E-state index contributed by atoms with van der Waals surface area (Å²) in [5.74, 6) is 8.30. The van der Waals surface area contributed by atoms with Crippen LogP contribution in [0, 0.1) is 29.6 Å². The van der Waals surface area contributed by atoms with E-state index in [0.717, 1.165) is 51.5 Å². The van der Waals surface area contributed by atoms with Gasteiger partial charge in [-0.2, -0.15) is 4.58 Å². The number of hydrogen-bond donors (Lipinski definition) is 2. The van der Waals surface area contributed by atoms with Gasteiger partial charge in [-0.05, 0) is 75.0 Å². The molecule has 1 unspecified atom stereocenters. The highest BCUT2D eigenvalue weighted by molar-refractivity contribution is 6.03. The second kappa shape index (κ2) is 31.4. The summed E-state index contributed by atoms with van der Waals surface area (Å²) in [5, 5.41) is 5.73. The maximum atomic E-state index is 12.5. The molecule has 15 heteroatoms. The maximum absolute atomic E-state index is 12.5. The van der Waals surface area contributed by atoms with Crippen LogP contribution in [0.3, 0.4) is 0 Å². The van der Waals surface area contributed by atoms with E-state index in [4.69, 9.17) is 37.9 Å². The molecule has 0 spiro atoms. The van der Waals surface area contributed by atoms with Crippen molar-refractivity contribution in [3.8, 4) is 11.8 Å². The number of ether oxygens (including phenoxy) is 8. The Morgan fingerprint density at radius 3 is 1.75 bits per heavy atom. The highest BCUT2D eigenvalue weighted by Crippen LogP contribution is 2.52. The molecular formula is C57H83ClN4O10. The number of fused-ring (bicyclic) bond motifs is 3. The van der Waals surface area contributed by atoms with Gasteiger partial charge >= 0.3 is 6.09 Å². The normalized spacial score (nSPS) is 19.7. The molecule has 2 aromatic rings. The molecule has 3 atom stereocenters. The molecule has 0 saturated heterocycles. The predicted octanol–water partition coefficient (Wildman–Crippen LogP) is 4.89. The smallest absolute Gasteiger partial charge is 0.407 e. The monoisotopic (exact) mass is 1020 g/mol. The molecule has 0 radical (unpaired) electrons. The lowest BCUT2D eigenvalue weighted by Crippen LogP contribution is -3.00. The second-order valence-corrected chi connectivity index (χ2v) is 19.7. The van der Waals surface area contributed by atoms with Crippen molar-refractivity contribution >= 4 is 29.1 Å². The van der Waals surface area contributed by atoms with Crippen molar-refractivity contribution in [3.63, 3.8) is 0 Å². The Hall–Kier alpha value is -4.30. The predicted molar refractivity (Wildman–Crippen MR) is 278 cm³/mol. The molecule has 2 aliphatic carbocycles. The van der Waals surface area contributed by atoms with E-state index in [0.29, 0.717) is 136 Å². The number of nitrogens with zero attached hydrogens (tertiary/aromatic N) is 2. The van der Waals surface area contributed by atoms with Crippen LogP contribution in [0.2, 0.25) is 0 Å². The summed E-state index contributed by atoms with van der Waals surface area (Å²) in [4.78, 5) is 27.0. The van der Waals surface area contributed by atoms with E-state index < -0.39 is 0 Å². The lowest BCUT2D eigenvalue weighted by molar-refractivity contribution is -0.401. The molecule has 2 heterocycles. The summed E-state index contributed by atoms with van der Waals surface area (Å²) < 4.78 is 46.7. The molecule has 2 N–H and O–H groups in total. The lowest BCUT2D eigenvalue weighted by atomic mass is 9.81. The standard InChI is InChI=1S/C57H82N4O10.ClH/c1-56(2)48-20-12-14-22-50(48)60(5)52(56)24-17-25-53-57(3,4)49-21-13-15-23-51(49)61(53)29-16-8-11-26-54(62)58-27-30-64-32-34-66-36-38-68-40-42-70-43-41-69-39-37-67-35-33-65-31-28-59-55(63)71-44-47-45-18-9-6-7-10-19-46(45)47;/h12-15,17,20-25,45-47H,8-11,16,18-19,26-44H2,1-5H3,(H-,58,59,62,63);1H/t45-,46+,47?;. The van der Waals surface area contributed by atoms with E-state index in [1.54, 1.807) is 0 Å². The van der Waals surface area contributed by atoms with Gasteiger partial charge in [0.05, 0.1) is 105 Å². The van der Waals surface area contributed by atoms with Crippen molar-refractivity contribution in [2.75, 3.05) is 131 Å². The fraction of sp³-hybridized carbons (Fsp3) is 0.632. The molecule has 72 heavy (non-hydrogen) atoms. The summed E-state index contributed by atoms with van der Waals surface area (Å²) in [6, 6.07) is 17.4. The Morgan fingerprint density at radius 2 is 1.18 bits per heavy atom. The van der Waals surface area contributed by atoms with E-state index in [2.05, 4.69) is 133 Å². The molecule has 2 amide bonds. The van der Waals surface area contributed by atoms with E-state index in [-0.39, 0.29) is 35.2 Å². The number of alkyl carbamates (subject to hydrolysis) is 1. The van der Waals surface area contributed by atoms with E-state index in [1.165, 1.54) is 33.9 Å². The molecule has 1 fully saturated rings. The van der Waals surface area contributed by atoms with Crippen molar-refractivity contribution in [2.45, 2.75) is 89.9 Å². The Kier molecular flexibility index (Phi) is 25.6. The van der Waals surface area contributed by atoms with Crippen LogP contribution in [0.1, 0.15) is 90.2 Å². The number of amides is 2. The number of para-hydroxylation sites is 2. The molecule has 1 saturated carbocycles. The van der Waals surface area contributed by atoms with Crippen LogP contribution < -0.4 is 27.9 Å². The third-order valence-electron chi connectivity index (χ3n) is 14.1. The Bertz CT molecular complexity index is 2110. The molecular weight excluding hydrogens is 936 g/mol. The summed E-state index contributed by atoms with van der Waals surface area (Å²) in [6.07, 6.45) is 13.9. The number of nitrogens with one attached hydrogen (secondary N) is 2. The number of carbonyl (C=O) groups excluding carboxylic acids is 2. The fourth-order valence-electron chi connectivity index (χ4n) is 10.1. The van der Waals surface area contributed by atoms with E-state index in [9.17, 15) is 9.59 Å². The molecule has 14 nitrogen and oxygen atoms in total. The van der Waals surface area contributed by atoms with Crippen LogP contribution in [0.25, 0.3) is 0 Å². The van der Waals surface area contributed by atoms with Gasteiger partial charge in [0.15, 0.2) is 5.71 Å². The van der Waals surface area contributed by atoms with Crippen LogP contribution in [0.5, 0.6) is 0 Å². The summed E-state index contributed by atoms with van der Waals surface area (Å²) >= 11 is 0.